The van der Waals surface area contributed by atoms with Crippen LogP contribution in [0.15, 0.2) is 49.1 Å². The first-order valence-electron chi connectivity index (χ1n) is 9.39. The molecule has 2 heterocycles. The monoisotopic (exact) mass is 340 g/mol. The van der Waals surface area contributed by atoms with E-state index in [1.165, 1.54) is 43.5 Å². The van der Waals surface area contributed by atoms with E-state index in [2.05, 4.69) is 58.1 Å². The number of hydrogen-bond acceptors (Lipinski definition) is 4. The lowest BCUT2D eigenvalue weighted by atomic mass is 10.1. The minimum Gasteiger partial charge on any atom is -0.306 e. The molecule has 0 spiro atoms. The Kier molecular flexibility index (Phi) is 9.16. The van der Waals surface area contributed by atoms with Gasteiger partial charge in [0.1, 0.15) is 0 Å². The Morgan fingerprint density at radius 2 is 1.00 bits per heavy atom. The first kappa shape index (κ1) is 19.5. The van der Waals surface area contributed by atoms with Gasteiger partial charge in [-0.15, -0.1) is 0 Å². The van der Waals surface area contributed by atoms with Crippen LogP contribution in [0, 0.1) is 0 Å². The highest BCUT2D eigenvalue weighted by atomic mass is 15.1. The third-order valence-corrected chi connectivity index (χ3v) is 4.64. The number of pyridine rings is 2. The van der Waals surface area contributed by atoms with E-state index in [0.29, 0.717) is 0 Å². The SMILES string of the molecule is CN(CCCCCN(C)CCc1ccncc1)CCc1ccncc1. The van der Waals surface area contributed by atoms with E-state index in [1.54, 1.807) is 0 Å². The summed E-state index contributed by atoms with van der Waals surface area (Å²) in [6, 6.07) is 8.43. The number of aromatic nitrogens is 2. The second-order valence-electron chi connectivity index (χ2n) is 6.88. The van der Waals surface area contributed by atoms with Crippen LogP contribution in [0.3, 0.4) is 0 Å². The molecule has 2 aromatic rings. The van der Waals surface area contributed by atoms with E-state index in [0.717, 1.165) is 25.9 Å². The summed E-state index contributed by atoms with van der Waals surface area (Å²) in [7, 11) is 4.45. The summed E-state index contributed by atoms with van der Waals surface area (Å²) in [6.45, 7) is 4.61. The van der Waals surface area contributed by atoms with Crippen LogP contribution in [0.1, 0.15) is 30.4 Å². The van der Waals surface area contributed by atoms with Gasteiger partial charge >= 0.3 is 0 Å². The van der Waals surface area contributed by atoms with Crippen molar-refractivity contribution in [2.45, 2.75) is 32.1 Å². The number of hydrogen-bond donors (Lipinski definition) is 0. The molecule has 0 radical (unpaired) electrons. The average Bonchev–Trinajstić information content (AvgIpc) is 2.66. The summed E-state index contributed by atoms with van der Waals surface area (Å²) in [4.78, 5) is 13.0. The second-order valence-corrected chi connectivity index (χ2v) is 6.88. The normalized spacial score (nSPS) is 11.4. The number of rotatable bonds is 12. The number of likely N-dealkylation sites (N-methyl/N-ethyl adjacent to an activating group) is 2. The zero-order chi connectivity index (χ0) is 17.7. The van der Waals surface area contributed by atoms with Crippen LogP contribution in [0.4, 0.5) is 0 Å². The van der Waals surface area contributed by atoms with E-state index in [4.69, 9.17) is 0 Å². The molecule has 2 aromatic heterocycles. The summed E-state index contributed by atoms with van der Waals surface area (Å²) in [5.74, 6) is 0. The largest absolute Gasteiger partial charge is 0.306 e. The van der Waals surface area contributed by atoms with E-state index in [-0.39, 0.29) is 0 Å². The predicted molar refractivity (Wildman–Crippen MR) is 105 cm³/mol. The number of nitrogens with zero attached hydrogens (tertiary/aromatic N) is 4. The molecule has 0 aliphatic carbocycles. The zero-order valence-corrected chi connectivity index (χ0v) is 15.8. The van der Waals surface area contributed by atoms with Gasteiger partial charge in [0, 0.05) is 37.9 Å². The van der Waals surface area contributed by atoms with Crippen molar-refractivity contribution in [1.29, 1.82) is 0 Å². The lowest BCUT2D eigenvalue weighted by molar-refractivity contribution is 0.306. The Hall–Kier alpha value is -1.78. The molecule has 0 unspecified atom stereocenters. The van der Waals surface area contributed by atoms with Crippen molar-refractivity contribution >= 4 is 0 Å². The van der Waals surface area contributed by atoms with E-state index in [1.807, 2.05) is 24.8 Å². The second kappa shape index (κ2) is 11.7. The fourth-order valence-corrected chi connectivity index (χ4v) is 2.90. The molecule has 0 bridgehead atoms. The van der Waals surface area contributed by atoms with Crippen molar-refractivity contribution in [2.75, 3.05) is 40.3 Å². The van der Waals surface area contributed by atoms with Gasteiger partial charge < -0.3 is 9.80 Å². The van der Waals surface area contributed by atoms with Gasteiger partial charge in [0.15, 0.2) is 0 Å². The molecular weight excluding hydrogens is 308 g/mol. The molecule has 4 nitrogen and oxygen atoms in total. The van der Waals surface area contributed by atoms with E-state index in [9.17, 15) is 0 Å². The van der Waals surface area contributed by atoms with Crippen molar-refractivity contribution in [3.05, 3.63) is 60.2 Å². The van der Waals surface area contributed by atoms with Gasteiger partial charge in [0.25, 0.3) is 0 Å². The van der Waals surface area contributed by atoms with Crippen LogP contribution in [-0.4, -0.2) is 60.0 Å². The Bertz CT molecular complexity index is 507. The molecular formula is C21H32N4. The third-order valence-electron chi connectivity index (χ3n) is 4.64. The fraction of sp³-hybridized carbons (Fsp3) is 0.524. The number of unbranched alkanes of at least 4 members (excludes halogenated alkanes) is 2. The van der Waals surface area contributed by atoms with Crippen molar-refractivity contribution < 1.29 is 0 Å². The van der Waals surface area contributed by atoms with Gasteiger partial charge in [-0.2, -0.15) is 0 Å². The van der Waals surface area contributed by atoms with Crippen molar-refractivity contribution in [3.8, 4) is 0 Å². The van der Waals surface area contributed by atoms with E-state index < -0.39 is 0 Å². The quantitative estimate of drug-likeness (QED) is 0.555. The van der Waals surface area contributed by atoms with Gasteiger partial charge in [-0.1, -0.05) is 6.42 Å². The topological polar surface area (TPSA) is 32.3 Å². The predicted octanol–water partition coefficient (Wildman–Crippen LogP) is 3.30. The highest BCUT2D eigenvalue weighted by Gasteiger charge is 2.02. The Morgan fingerprint density at radius 3 is 1.40 bits per heavy atom. The molecule has 136 valence electrons. The van der Waals surface area contributed by atoms with Crippen molar-refractivity contribution in [2.24, 2.45) is 0 Å². The molecule has 0 fully saturated rings. The third kappa shape index (κ3) is 8.75. The van der Waals surface area contributed by atoms with Gasteiger partial charge in [0.05, 0.1) is 0 Å². The first-order chi connectivity index (χ1) is 12.2. The lowest BCUT2D eigenvalue weighted by Crippen LogP contribution is -2.24. The summed E-state index contributed by atoms with van der Waals surface area (Å²) in [5, 5.41) is 0. The summed E-state index contributed by atoms with van der Waals surface area (Å²) in [6.07, 6.45) is 13.6. The van der Waals surface area contributed by atoms with Crippen LogP contribution < -0.4 is 0 Å². The lowest BCUT2D eigenvalue weighted by Gasteiger charge is -2.18. The van der Waals surface area contributed by atoms with Crippen LogP contribution in [0.25, 0.3) is 0 Å². The minimum absolute atomic E-state index is 1.11. The summed E-state index contributed by atoms with van der Waals surface area (Å²) >= 11 is 0. The first-order valence-corrected chi connectivity index (χ1v) is 9.39. The molecule has 0 aliphatic rings. The highest BCUT2D eigenvalue weighted by Crippen LogP contribution is 2.04. The summed E-state index contributed by atoms with van der Waals surface area (Å²) in [5.41, 5.74) is 2.75. The Morgan fingerprint density at radius 1 is 0.600 bits per heavy atom. The standard InChI is InChI=1S/C21H32N4/c1-24(18-10-20-6-12-22-13-7-20)16-4-3-5-17-25(2)19-11-21-8-14-23-15-9-21/h6-9,12-15H,3-5,10-11,16-19H2,1-2H3. The zero-order valence-electron chi connectivity index (χ0n) is 15.8. The Labute approximate surface area is 152 Å². The van der Waals surface area contributed by atoms with Gasteiger partial charge in [0.2, 0.25) is 0 Å². The smallest absolute Gasteiger partial charge is 0.0270 e. The Balaban J connectivity index is 1.47. The highest BCUT2D eigenvalue weighted by molar-refractivity contribution is 5.10. The maximum absolute atomic E-state index is 4.07. The molecule has 0 aliphatic heterocycles. The summed E-state index contributed by atoms with van der Waals surface area (Å²) < 4.78 is 0. The molecule has 0 N–H and O–H groups in total. The molecule has 0 amide bonds. The molecule has 4 heteroatoms. The van der Waals surface area contributed by atoms with Gasteiger partial charge in [-0.3, -0.25) is 9.97 Å². The van der Waals surface area contributed by atoms with Crippen molar-refractivity contribution in [3.63, 3.8) is 0 Å². The van der Waals surface area contributed by atoms with E-state index >= 15 is 0 Å². The fourth-order valence-electron chi connectivity index (χ4n) is 2.90. The van der Waals surface area contributed by atoms with Gasteiger partial charge in [-0.05, 0) is 88.3 Å². The van der Waals surface area contributed by atoms with Crippen LogP contribution in [-0.2, 0) is 12.8 Å². The maximum atomic E-state index is 4.07. The van der Waals surface area contributed by atoms with Crippen LogP contribution in [0.5, 0.6) is 0 Å². The molecule has 25 heavy (non-hydrogen) atoms. The minimum atomic E-state index is 1.11. The molecule has 0 saturated carbocycles. The molecule has 2 rings (SSSR count). The van der Waals surface area contributed by atoms with Crippen LogP contribution in [0.2, 0.25) is 0 Å². The van der Waals surface area contributed by atoms with Gasteiger partial charge in [-0.25, -0.2) is 0 Å². The average molecular weight is 341 g/mol. The molecule has 0 saturated heterocycles. The van der Waals surface area contributed by atoms with Crippen LogP contribution >= 0.6 is 0 Å². The maximum Gasteiger partial charge on any atom is 0.0270 e. The molecule has 0 aromatic carbocycles. The van der Waals surface area contributed by atoms with Crippen molar-refractivity contribution in [1.82, 2.24) is 19.8 Å². The molecule has 0 atom stereocenters.